The first-order valence-corrected chi connectivity index (χ1v) is 7.55. The third kappa shape index (κ3) is 3.71. The van der Waals surface area contributed by atoms with Crippen molar-refractivity contribution in [2.45, 2.75) is 56.7 Å². The van der Waals surface area contributed by atoms with Crippen LogP contribution in [0.1, 0.15) is 46.0 Å². The predicted octanol–water partition coefficient (Wildman–Crippen LogP) is 1.62. The molecular weight excluding hydrogens is 190 g/mol. The lowest BCUT2D eigenvalue weighted by Crippen LogP contribution is -2.43. The van der Waals surface area contributed by atoms with E-state index in [1.807, 2.05) is 0 Å². The summed E-state index contributed by atoms with van der Waals surface area (Å²) in [6.45, 7) is 6.49. The summed E-state index contributed by atoms with van der Waals surface area (Å²) in [5.41, 5.74) is 6.46. The van der Waals surface area contributed by atoms with Crippen molar-refractivity contribution in [3.63, 3.8) is 0 Å². The van der Waals surface area contributed by atoms with E-state index in [4.69, 9.17) is 10.5 Å². The van der Waals surface area contributed by atoms with E-state index < -0.39 is 0 Å². The largest absolute Gasteiger partial charge is 0.379 e. The van der Waals surface area contributed by atoms with Crippen LogP contribution >= 0.6 is 0 Å². The Balaban J connectivity index is 2.47. The number of rotatable bonds is 5. The molecular formula is C11H25NOSi. The molecule has 0 saturated carbocycles. The molecule has 3 heteroatoms. The Morgan fingerprint density at radius 3 is 2.71 bits per heavy atom. The topological polar surface area (TPSA) is 35.2 Å². The van der Waals surface area contributed by atoms with Gasteiger partial charge in [-0.3, -0.25) is 0 Å². The van der Waals surface area contributed by atoms with Gasteiger partial charge in [-0.15, -0.1) is 0 Å². The normalized spacial score (nSPS) is 29.1. The van der Waals surface area contributed by atoms with E-state index in [0.29, 0.717) is 5.22 Å². The minimum atomic E-state index is -0.105. The van der Waals surface area contributed by atoms with Gasteiger partial charge in [-0.2, -0.15) is 0 Å². The Labute approximate surface area is 90.4 Å². The fourth-order valence-corrected chi connectivity index (χ4v) is 5.20. The van der Waals surface area contributed by atoms with Crippen molar-refractivity contribution >= 4 is 9.52 Å². The quantitative estimate of drug-likeness (QED) is 0.707. The Morgan fingerprint density at radius 1 is 1.43 bits per heavy atom. The third-order valence-electron chi connectivity index (χ3n) is 3.05. The van der Waals surface area contributed by atoms with E-state index >= 15 is 0 Å². The van der Waals surface area contributed by atoms with E-state index in [1.165, 1.54) is 25.7 Å². The van der Waals surface area contributed by atoms with Gasteiger partial charge in [-0.05, 0) is 38.6 Å². The predicted molar refractivity (Wildman–Crippen MR) is 64.5 cm³/mol. The van der Waals surface area contributed by atoms with Crippen molar-refractivity contribution in [2.24, 2.45) is 5.73 Å². The zero-order valence-electron chi connectivity index (χ0n) is 9.72. The molecule has 2 nitrogen and oxygen atoms in total. The highest BCUT2D eigenvalue weighted by atomic mass is 28.2. The number of hydrogen-bond acceptors (Lipinski definition) is 2. The average Bonchev–Trinajstić information content (AvgIpc) is 2.15. The Hall–Kier alpha value is 0.137. The van der Waals surface area contributed by atoms with Crippen LogP contribution in [-0.2, 0) is 4.74 Å². The second kappa shape index (κ2) is 5.88. The van der Waals surface area contributed by atoms with Crippen LogP contribution in [0.4, 0.5) is 0 Å². The first-order chi connectivity index (χ1) is 6.68. The van der Waals surface area contributed by atoms with E-state index in [1.54, 1.807) is 0 Å². The molecule has 1 aliphatic heterocycles. The zero-order valence-corrected chi connectivity index (χ0v) is 11.1. The van der Waals surface area contributed by atoms with E-state index in [9.17, 15) is 0 Å². The first-order valence-electron chi connectivity index (χ1n) is 6.02. The summed E-state index contributed by atoms with van der Waals surface area (Å²) in [7, 11) is -0.105. The van der Waals surface area contributed by atoms with Crippen LogP contribution in [0.5, 0.6) is 0 Å². The van der Waals surface area contributed by atoms with Crippen LogP contribution in [-0.4, -0.2) is 27.9 Å². The second-order valence-electron chi connectivity index (χ2n) is 4.98. The molecule has 1 fully saturated rings. The molecule has 1 saturated heterocycles. The van der Waals surface area contributed by atoms with E-state index in [-0.39, 0.29) is 9.52 Å². The van der Waals surface area contributed by atoms with Gasteiger partial charge in [-0.1, -0.05) is 19.4 Å². The van der Waals surface area contributed by atoms with Crippen molar-refractivity contribution in [3.05, 3.63) is 0 Å². The van der Waals surface area contributed by atoms with E-state index in [2.05, 4.69) is 13.8 Å². The summed E-state index contributed by atoms with van der Waals surface area (Å²) in [5.74, 6) is 0. The monoisotopic (exact) mass is 215 g/mol. The van der Waals surface area contributed by atoms with Crippen molar-refractivity contribution in [1.82, 2.24) is 0 Å². The molecule has 0 aromatic carbocycles. The van der Waals surface area contributed by atoms with Gasteiger partial charge in [0.2, 0.25) is 0 Å². The maximum Gasteiger partial charge on any atom is 0.0620 e. The Bertz CT molecular complexity index is 155. The molecule has 0 aromatic heterocycles. The van der Waals surface area contributed by atoms with Crippen molar-refractivity contribution in [2.75, 3.05) is 13.2 Å². The van der Waals surface area contributed by atoms with Crippen molar-refractivity contribution in [1.29, 1.82) is 0 Å². The molecule has 1 aliphatic rings. The third-order valence-corrected chi connectivity index (χ3v) is 5.52. The molecule has 0 spiro atoms. The van der Waals surface area contributed by atoms with Gasteiger partial charge in [0.25, 0.3) is 0 Å². The van der Waals surface area contributed by atoms with Crippen LogP contribution < -0.4 is 5.73 Å². The molecule has 14 heavy (non-hydrogen) atoms. The lowest BCUT2D eigenvalue weighted by Gasteiger charge is -2.38. The highest BCUT2D eigenvalue weighted by molar-refractivity contribution is 6.41. The summed E-state index contributed by atoms with van der Waals surface area (Å²) in [6, 6.07) is 0. The number of nitrogens with two attached hydrogens (primary N) is 1. The molecule has 2 N–H and O–H groups in total. The van der Waals surface area contributed by atoms with Crippen LogP contribution in [0.3, 0.4) is 0 Å². The molecule has 0 aromatic rings. The van der Waals surface area contributed by atoms with Gasteiger partial charge in [0, 0.05) is 6.61 Å². The average molecular weight is 215 g/mol. The molecule has 0 bridgehead atoms. The maximum absolute atomic E-state index is 6.08. The molecule has 1 unspecified atom stereocenters. The molecule has 0 amide bonds. The summed E-state index contributed by atoms with van der Waals surface area (Å²) in [5, 5.41) is 0.311. The smallest absolute Gasteiger partial charge is 0.0620 e. The van der Waals surface area contributed by atoms with Gasteiger partial charge in [0.15, 0.2) is 0 Å². The highest BCUT2D eigenvalue weighted by Crippen LogP contribution is 2.31. The lowest BCUT2D eigenvalue weighted by molar-refractivity contribution is -0.0267. The lowest BCUT2D eigenvalue weighted by atomic mass is 10.0. The Kier molecular flexibility index (Phi) is 5.13. The molecule has 0 radical (unpaired) electrons. The minimum Gasteiger partial charge on any atom is -0.379 e. The summed E-state index contributed by atoms with van der Waals surface area (Å²) in [4.78, 5) is 0. The molecule has 1 atom stereocenters. The highest BCUT2D eigenvalue weighted by Gasteiger charge is 2.33. The number of ether oxygens (including phenoxy) is 1. The van der Waals surface area contributed by atoms with Gasteiger partial charge in [0.1, 0.15) is 0 Å². The molecule has 1 rings (SSSR count). The zero-order chi connectivity index (χ0) is 10.4. The molecule has 1 heterocycles. The first kappa shape index (κ1) is 12.2. The van der Waals surface area contributed by atoms with Crippen LogP contribution in [0, 0.1) is 0 Å². The van der Waals surface area contributed by atoms with Crippen LogP contribution in [0.25, 0.3) is 0 Å². The van der Waals surface area contributed by atoms with Crippen LogP contribution in [0.2, 0.25) is 5.54 Å². The second-order valence-corrected chi connectivity index (χ2v) is 8.31. The van der Waals surface area contributed by atoms with Gasteiger partial charge in [-0.25, -0.2) is 0 Å². The fourth-order valence-electron chi connectivity index (χ4n) is 2.54. The van der Waals surface area contributed by atoms with Crippen molar-refractivity contribution < 1.29 is 4.74 Å². The van der Waals surface area contributed by atoms with E-state index in [0.717, 1.165) is 25.1 Å². The standard InChI is InChI=1S/C11H25NOSi/c1-10(2)14-11(7-5-8-12)6-3-4-9-13-11/h10H,3-9,12,14H2,1-2H3. The van der Waals surface area contributed by atoms with Gasteiger partial charge in [0.05, 0.1) is 14.7 Å². The fraction of sp³-hybridized carbons (Fsp3) is 1.00. The summed E-state index contributed by atoms with van der Waals surface area (Å²) >= 11 is 0. The SMILES string of the molecule is CC(C)[SiH2]C1(CCCN)CCCCO1. The minimum absolute atomic E-state index is 0.105. The number of hydrogen-bond donors (Lipinski definition) is 1. The van der Waals surface area contributed by atoms with Gasteiger partial charge < -0.3 is 10.5 Å². The summed E-state index contributed by atoms with van der Waals surface area (Å²) < 4.78 is 6.08. The maximum atomic E-state index is 6.08. The van der Waals surface area contributed by atoms with Gasteiger partial charge >= 0.3 is 0 Å². The molecule has 84 valence electrons. The van der Waals surface area contributed by atoms with Crippen molar-refractivity contribution in [3.8, 4) is 0 Å². The Morgan fingerprint density at radius 2 is 2.21 bits per heavy atom. The molecule has 0 aliphatic carbocycles. The van der Waals surface area contributed by atoms with Crippen LogP contribution in [0.15, 0.2) is 0 Å². The summed E-state index contributed by atoms with van der Waals surface area (Å²) in [6.07, 6.45) is 6.28.